The molecule has 0 spiro atoms. The van der Waals surface area contributed by atoms with Crippen molar-refractivity contribution in [2.24, 2.45) is 0 Å². The summed E-state index contributed by atoms with van der Waals surface area (Å²) in [7, 11) is 0. The Morgan fingerprint density at radius 2 is 1.86 bits per heavy atom. The fraction of sp³-hybridized carbons (Fsp3) is 0.280. The number of para-hydroxylation sites is 1. The summed E-state index contributed by atoms with van der Waals surface area (Å²) in [6, 6.07) is 13.5. The molecule has 188 valence electrons. The standard InChI is InChI=1S/C25H26ClFN6O3/c1-2-36-25(35)32-15-12-18(13-16-32)29-23-28-14-11-22(31-23)33(19-9-7-17(27)8-10-19)24(34)30-21-6-4-3-5-20(21)26/h3-11,14,18H,2,12-13,15-16H2,1H3,(H,30,34)(H,28,29,31). The van der Waals surface area contributed by atoms with Crippen molar-refractivity contribution in [3.8, 4) is 0 Å². The molecule has 2 aromatic carbocycles. The third-order valence-corrected chi connectivity index (χ3v) is 5.96. The predicted octanol–water partition coefficient (Wildman–Crippen LogP) is 5.67. The van der Waals surface area contributed by atoms with Gasteiger partial charge in [-0.15, -0.1) is 0 Å². The van der Waals surface area contributed by atoms with Crippen LogP contribution in [0.15, 0.2) is 60.8 Å². The van der Waals surface area contributed by atoms with Gasteiger partial charge in [0.15, 0.2) is 0 Å². The van der Waals surface area contributed by atoms with Crippen molar-refractivity contribution in [1.29, 1.82) is 0 Å². The van der Waals surface area contributed by atoms with E-state index in [1.54, 1.807) is 42.2 Å². The van der Waals surface area contributed by atoms with Gasteiger partial charge in [0.25, 0.3) is 0 Å². The van der Waals surface area contributed by atoms with Crippen LogP contribution in [0.5, 0.6) is 0 Å². The molecule has 2 heterocycles. The number of amides is 3. The molecule has 1 saturated heterocycles. The molecule has 2 N–H and O–H groups in total. The van der Waals surface area contributed by atoms with Gasteiger partial charge in [-0.05, 0) is 56.2 Å². The van der Waals surface area contributed by atoms with E-state index in [2.05, 4.69) is 20.6 Å². The van der Waals surface area contributed by atoms with Crippen molar-refractivity contribution in [2.45, 2.75) is 25.8 Å². The van der Waals surface area contributed by atoms with Crippen LogP contribution in [0.1, 0.15) is 19.8 Å². The van der Waals surface area contributed by atoms with Gasteiger partial charge < -0.3 is 20.3 Å². The first-order valence-corrected chi connectivity index (χ1v) is 11.9. The summed E-state index contributed by atoms with van der Waals surface area (Å²) in [4.78, 5) is 37.1. The van der Waals surface area contributed by atoms with Crippen molar-refractivity contribution in [3.05, 3.63) is 71.6 Å². The minimum absolute atomic E-state index is 0.0437. The Balaban J connectivity index is 1.53. The molecule has 1 aliphatic heterocycles. The Morgan fingerprint density at radius 3 is 2.56 bits per heavy atom. The second-order valence-electron chi connectivity index (χ2n) is 8.06. The van der Waals surface area contributed by atoms with Crippen LogP contribution in [0.25, 0.3) is 0 Å². The third kappa shape index (κ3) is 6.19. The van der Waals surface area contributed by atoms with E-state index in [9.17, 15) is 14.0 Å². The number of carbonyl (C=O) groups excluding carboxylic acids is 2. The molecule has 0 aliphatic carbocycles. The van der Waals surface area contributed by atoms with E-state index in [4.69, 9.17) is 16.3 Å². The van der Waals surface area contributed by atoms with Gasteiger partial charge in [-0.25, -0.2) is 23.9 Å². The summed E-state index contributed by atoms with van der Waals surface area (Å²) >= 11 is 6.22. The molecule has 3 amide bonds. The number of nitrogens with zero attached hydrogens (tertiary/aromatic N) is 4. The van der Waals surface area contributed by atoms with E-state index in [0.29, 0.717) is 54.9 Å². The summed E-state index contributed by atoms with van der Waals surface area (Å²) in [5.74, 6) is 0.191. The molecule has 11 heteroatoms. The third-order valence-electron chi connectivity index (χ3n) is 5.63. The molecule has 3 aromatic rings. The van der Waals surface area contributed by atoms with Gasteiger partial charge in [0.2, 0.25) is 5.95 Å². The van der Waals surface area contributed by atoms with E-state index in [-0.39, 0.29) is 18.0 Å². The first-order chi connectivity index (χ1) is 17.4. The predicted molar refractivity (Wildman–Crippen MR) is 136 cm³/mol. The molecule has 0 atom stereocenters. The maximum Gasteiger partial charge on any atom is 0.409 e. The molecule has 0 radical (unpaired) electrons. The van der Waals surface area contributed by atoms with E-state index in [1.165, 1.54) is 35.4 Å². The first-order valence-electron chi connectivity index (χ1n) is 11.6. The highest BCUT2D eigenvalue weighted by Gasteiger charge is 2.25. The lowest BCUT2D eigenvalue weighted by Crippen LogP contribution is -2.42. The fourth-order valence-corrected chi connectivity index (χ4v) is 4.01. The molecule has 0 bridgehead atoms. The van der Waals surface area contributed by atoms with Crippen LogP contribution >= 0.6 is 11.6 Å². The van der Waals surface area contributed by atoms with Crippen molar-refractivity contribution < 1.29 is 18.7 Å². The number of anilines is 4. The number of hydrogen-bond donors (Lipinski definition) is 2. The van der Waals surface area contributed by atoms with Gasteiger partial charge in [-0.3, -0.25) is 0 Å². The average molecular weight is 513 g/mol. The number of urea groups is 1. The Morgan fingerprint density at radius 1 is 1.14 bits per heavy atom. The lowest BCUT2D eigenvalue weighted by Gasteiger charge is -2.31. The molecular formula is C25H26ClFN6O3. The lowest BCUT2D eigenvalue weighted by atomic mass is 10.1. The minimum atomic E-state index is -0.526. The Hall–Kier alpha value is -3.92. The van der Waals surface area contributed by atoms with Crippen LogP contribution in [-0.2, 0) is 4.74 Å². The van der Waals surface area contributed by atoms with E-state index in [0.717, 1.165) is 0 Å². The normalized spacial score (nSPS) is 13.7. The van der Waals surface area contributed by atoms with Crippen LogP contribution in [0.4, 0.5) is 37.1 Å². The Bertz CT molecular complexity index is 1200. The van der Waals surface area contributed by atoms with Crippen LogP contribution in [0, 0.1) is 5.82 Å². The van der Waals surface area contributed by atoms with Gasteiger partial charge in [0.05, 0.1) is 23.0 Å². The molecule has 0 unspecified atom stereocenters. The zero-order valence-electron chi connectivity index (χ0n) is 19.7. The number of nitrogens with one attached hydrogen (secondary N) is 2. The average Bonchev–Trinajstić information content (AvgIpc) is 2.88. The van der Waals surface area contributed by atoms with Gasteiger partial charge in [0, 0.05) is 31.4 Å². The second-order valence-corrected chi connectivity index (χ2v) is 8.47. The summed E-state index contributed by atoms with van der Waals surface area (Å²) in [6.45, 7) is 3.23. The number of hydrogen-bond acceptors (Lipinski definition) is 6. The molecule has 1 fully saturated rings. The summed E-state index contributed by atoms with van der Waals surface area (Å²) in [6.07, 6.45) is 2.62. The van der Waals surface area contributed by atoms with Gasteiger partial charge in [0.1, 0.15) is 11.6 Å². The quantitative estimate of drug-likeness (QED) is 0.441. The van der Waals surface area contributed by atoms with E-state index in [1.807, 2.05) is 0 Å². The zero-order valence-corrected chi connectivity index (χ0v) is 20.4. The van der Waals surface area contributed by atoms with Crippen LogP contribution in [0.2, 0.25) is 5.02 Å². The number of rotatable bonds is 6. The van der Waals surface area contributed by atoms with Gasteiger partial charge in [-0.1, -0.05) is 23.7 Å². The minimum Gasteiger partial charge on any atom is -0.450 e. The molecular weight excluding hydrogens is 487 g/mol. The van der Waals surface area contributed by atoms with E-state index < -0.39 is 11.8 Å². The van der Waals surface area contributed by atoms with E-state index >= 15 is 0 Å². The molecule has 9 nitrogen and oxygen atoms in total. The molecule has 1 aliphatic rings. The van der Waals surface area contributed by atoms with Crippen LogP contribution in [0.3, 0.4) is 0 Å². The zero-order chi connectivity index (χ0) is 25.5. The monoisotopic (exact) mass is 512 g/mol. The number of piperidine rings is 1. The van der Waals surface area contributed by atoms with Gasteiger partial charge in [-0.2, -0.15) is 4.98 Å². The van der Waals surface area contributed by atoms with Crippen molar-refractivity contribution in [1.82, 2.24) is 14.9 Å². The summed E-state index contributed by atoms with van der Waals surface area (Å²) in [5, 5.41) is 6.44. The maximum atomic E-state index is 13.6. The second kappa shape index (κ2) is 11.7. The topological polar surface area (TPSA) is 99.7 Å². The maximum absolute atomic E-state index is 13.6. The van der Waals surface area contributed by atoms with Crippen molar-refractivity contribution in [2.75, 3.05) is 35.2 Å². The Labute approximate surface area is 213 Å². The fourth-order valence-electron chi connectivity index (χ4n) is 3.82. The van der Waals surface area contributed by atoms with Gasteiger partial charge >= 0.3 is 12.1 Å². The highest BCUT2D eigenvalue weighted by Crippen LogP contribution is 2.28. The van der Waals surface area contributed by atoms with Crippen LogP contribution < -0.4 is 15.5 Å². The number of aromatic nitrogens is 2. The lowest BCUT2D eigenvalue weighted by molar-refractivity contribution is 0.0983. The molecule has 4 rings (SSSR count). The Kier molecular flexibility index (Phi) is 8.17. The largest absolute Gasteiger partial charge is 0.450 e. The molecule has 36 heavy (non-hydrogen) atoms. The molecule has 0 saturated carbocycles. The first kappa shape index (κ1) is 25.2. The summed E-state index contributed by atoms with van der Waals surface area (Å²) in [5.41, 5.74) is 0.838. The molecule has 1 aromatic heterocycles. The van der Waals surface area contributed by atoms with Crippen molar-refractivity contribution >= 4 is 46.9 Å². The number of carbonyl (C=O) groups is 2. The number of likely N-dealkylation sites (tertiary alicyclic amines) is 1. The smallest absolute Gasteiger partial charge is 0.409 e. The highest BCUT2D eigenvalue weighted by atomic mass is 35.5. The van der Waals surface area contributed by atoms with Crippen molar-refractivity contribution in [3.63, 3.8) is 0 Å². The SMILES string of the molecule is CCOC(=O)N1CCC(Nc2nccc(N(C(=O)Nc3ccccc3Cl)c3ccc(F)cc3)n2)CC1. The number of halogens is 2. The number of benzene rings is 2. The highest BCUT2D eigenvalue weighted by molar-refractivity contribution is 6.33. The summed E-state index contributed by atoms with van der Waals surface area (Å²) < 4.78 is 18.7. The number of ether oxygens (including phenoxy) is 1. The van der Waals surface area contributed by atoms with Crippen LogP contribution in [-0.4, -0.2) is 52.7 Å².